The first-order valence-corrected chi connectivity index (χ1v) is 11.0. The highest BCUT2D eigenvalue weighted by Gasteiger charge is 2.30. The number of phenols is 1. The summed E-state index contributed by atoms with van der Waals surface area (Å²) in [6.07, 6.45) is 4.49. The molecule has 3 heterocycles. The first kappa shape index (κ1) is 23.2. The van der Waals surface area contributed by atoms with Crippen LogP contribution in [0.25, 0.3) is 22.3 Å². The number of aromatic hydroxyl groups is 1. The van der Waals surface area contributed by atoms with E-state index in [4.69, 9.17) is 10.8 Å². The van der Waals surface area contributed by atoms with Crippen molar-refractivity contribution in [1.29, 1.82) is 5.26 Å². The minimum absolute atomic E-state index is 0.118. The average Bonchev–Trinajstić information content (AvgIpc) is 3.19. The van der Waals surface area contributed by atoms with Gasteiger partial charge in [-0.15, -0.1) is 0 Å². The number of anilines is 1. The highest BCUT2D eigenvalue weighted by molar-refractivity contribution is 5.99. The van der Waals surface area contributed by atoms with Crippen molar-refractivity contribution >= 4 is 22.8 Å². The van der Waals surface area contributed by atoms with Crippen molar-refractivity contribution in [3.05, 3.63) is 42.0 Å². The average molecular weight is 464 g/mol. The summed E-state index contributed by atoms with van der Waals surface area (Å²) >= 11 is 0. The number of hydrogen-bond acceptors (Lipinski definition) is 7. The van der Waals surface area contributed by atoms with E-state index in [1.165, 1.54) is 18.5 Å². The van der Waals surface area contributed by atoms with Crippen molar-refractivity contribution < 1.29 is 14.3 Å². The molecule has 3 N–H and O–H groups in total. The Bertz CT molecular complexity index is 1330. The minimum Gasteiger partial charge on any atom is -0.505 e. The minimum atomic E-state index is -0.741. The molecule has 0 spiro atoms. The number of rotatable bonds is 3. The highest BCUT2D eigenvalue weighted by atomic mass is 19.1. The van der Waals surface area contributed by atoms with Crippen LogP contribution in [0, 0.1) is 22.6 Å². The van der Waals surface area contributed by atoms with Gasteiger partial charge in [0, 0.05) is 18.7 Å². The van der Waals surface area contributed by atoms with Crippen molar-refractivity contribution in [2.75, 3.05) is 18.8 Å². The molecule has 34 heavy (non-hydrogen) atoms. The molecule has 1 aliphatic heterocycles. The number of nitrogen functional groups attached to an aromatic ring is 1. The molecule has 2 aromatic heterocycles. The molecular formula is C24H26FN7O2. The Morgan fingerprint density at radius 3 is 2.79 bits per heavy atom. The molecule has 0 radical (unpaired) electrons. The zero-order valence-electron chi connectivity index (χ0n) is 19.3. The van der Waals surface area contributed by atoms with Crippen molar-refractivity contribution in [2.24, 2.45) is 5.41 Å². The molecule has 1 aromatic carbocycles. The number of aromatic nitrogens is 4. The Labute approximate surface area is 196 Å². The van der Waals surface area contributed by atoms with E-state index in [-0.39, 0.29) is 28.8 Å². The summed E-state index contributed by atoms with van der Waals surface area (Å²) in [4.78, 5) is 23.2. The number of nitriles is 1. The quantitative estimate of drug-likeness (QED) is 0.448. The summed E-state index contributed by atoms with van der Waals surface area (Å²) in [6, 6.07) is 5.76. The van der Waals surface area contributed by atoms with Gasteiger partial charge in [-0.3, -0.25) is 4.79 Å². The van der Waals surface area contributed by atoms with Gasteiger partial charge in [-0.1, -0.05) is 26.8 Å². The van der Waals surface area contributed by atoms with Crippen molar-refractivity contribution in [3.63, 3.8) is 0 Å². The van der Waals surface area contributed by atoms with E-state index in [1.807, 2.05) is 26.8 Å². The number of benzene rings is 1. The fourth-order valence-electron chi connectivity index (χ4n) is 4.20. The number of halogens is 1. The molecule has 1 aliphatic rings. The third-order valence-corrected chi connectivity index (χ3v) is 5.70. The maximum Gasteiger partial charge on any atom is 0.264 e. The molecule has 1 unspecified atom stereocenters. The molecular weight excluding hydrogens is 437 g/mol. The Kier molecular flexibility index (Phi) is 5.96. The van der Waals surface area contributed by atoms with Gasteiger partial charge in [-0.25, -0.2) is 19.0 Å². The maximum absolute atomic E-state index is 13.6. The second-order valence-corrected chi connectivity index (χ2v) is 9.50. The van der Waals surface area contributed by atoms with Crippen LogP contribution in [-0.4, -0.2) is 48.8 Å². The predicted molar refractivity (Wildman–Crippen MR) is 125 cm³/mol. The summed E-state index contributed by atoms with van der Waals surface area (Å²) in [5.74, 6) is -1.34. The summed E-state index contributed by atoms with van der Waals surface area (Å²) in [5.41, 5.74) is 7.32. The summed E-state index contributed by atoms with van der Waals surface area (Å²) < 4.78 is 15.3. The van der Waals surface area contributed by atoms with Gasteiger partial charge in [0.1, 0.15) is 29.5 Å². The van der Waals surface area contributed by atoms with Crippen LogP contribution in [-0.2, 0) is 4.79 Å². The van der Waals surface area contributed by atoms with E-state index < -0.39 is 11.6 Å². The van der Waals surface area contributed by atoms with E-state index in [0.717, 1.165) is 18.9 Å². The molecule has 0 bridgehead atoms. The third kappa shape index (κ3) is 4.41. The molecule has 3 aromatic rings. The molecule has 0 aliphatic carbocycles. The van der Waals surface area contributed by atoms with Gasteiger partial charge in [0.25, 0.3) is 5.91 Å². The molecule has 1 saturated heterocycles. The number of carbonyl (C=O) groups is 1. The zero-order chi connectivity index (χ0) is 24.6. The Balaban J connectivity index is 1.74. The normalized spacial score (nSPS) is 17.1. The predicted octanol–water partition coefficient (Wildman–Crippen LogP) is 3.58. The Morgan fingerprint density at radius 2 is 2.12 bits per heavy atom. The molecule has 10 heteroatoms. The Hall–Kier alpha value is -4.00. The highest BCUT2D eigenvalue weighted by Crippen LogP contribution is 2.35. The van der Waals surface area contributed by atoms with Gasteiger partial charge in [0.05, 0.1) is 11.4 Å². The van der Waals surface area contributed by atoms with Gasteiger partial charge >= 0.3 is 0 Å². The number of nitrogens with zero attached hydrogens (tertiary/aromatic N) is 6. The first-order chi connectivity index (χ1) is 16.1. The maximum atomic E-state index is 13.6. The van der Waals surface area contributed by atoms with Crippen LogP contribution < -0.4 is 5.73 Å². The third-order valence-electron chi connectivity index (χ3n) is 5.70. The number of hydrogen-bond donors (Lipinski definition) is 2. The molecule has 4 rings (SSSR count). The van der Waals surface area contributed by atoms with E-state index in [9.17, 15) is 19.6 Å². The second kappa shape index (κ2) is 8.74. The van der Waals surface area contributed by atoms with Gasteiger partial charge in [-0.05, 0) is 36.5 Å². The number of amides is 1. The van der Waals surface area contributed by atoms with E-state index in [1.54, 1.807) is 15.7 Å². The number of carbonyl (C=O) groups excluding carboxylic acids is 1. The van der Waals surface area contributed by atoms with Crippen LogP contribution in [0.15, 0.2) is 36.2 Å². The molecule has 9 nitrogen and oxygen atoms in total. The zero-order valence-corrected chi connectivity index (χ0v) is 19.3. The van der Waals surface area contributed by atoms with Gasteiger partial charge < -0.3 is 15.7 Å². The summed E-state index contributed by atoms with van der Waals surface area (Å²) in [5, 5.41) is 24.6. The van der Waals surface area contributed by atoms with Crippen LogP contribution in [0.4, 0.5) is 10.2 Å². The van der Waals surface area contributed by atoms with Crippen LogP contribution >= 0.6 is 0 Å². The molecule has 1 amide bonds. The fraction of sp³-hybridized carbons (Fsp3) is 0.375. The summed E-state index contributed by atoms with van der Waals surface area (Å²) in [7, 11) is 0. The van der Waals surface area contributed by atoms with Crippen LogP contribution in [0.5, 0.6) is 5.75 Å². The number of allylic oxidation sites excluding steroid dienone is 1. The largest absolute Gasteiger partial charge is 0.505 e. The topological polar surface area (TPSA) is 134 Å². The molecule has 176 valence electrons. The van der Waals surface area contributed by atoms with Gasteiger partial charge in [0.2, 0.25) is 0 Å². The number of phenolic OH excluding ortho intramolecular Hbond substituents is 1. The number of likely N-dealkylation sites (tertiary alicyclic amines) is 1. The van der Waals surface area contributed by atoms with Crippen molar-refractivity contribution in [3.8, 4) is 23.1 Å². The smallest absolute Gasteiger partial charge is 0.264 e. The monoisotopic (exact) mass is 463 g/mol. The number of piperidine rings is 1. The Morgan fingerprint density at radius 1 is 1.35 bits per heavy atom. The van der Waals surface area contributed by atoms with Crippen molar-refractivity contribution in [1.82, 2.24) is 24.6 Å². The first-order valence-electron chi connectivity index (χ1n) is 11.0. The van der Waals surface area contributed by atoms with Crippen LogP contribution in [0.2, 0.25) is 0 Å². The number of fused-ring (bicyclic) bond motifs is 1. The standard InChI is InChI=1S/C24H26FN7O2/c1-24(2,3)10-15(11-26)23(34)31-8-4-5-16(12-31)32-22-19(21(27)28-13-29-22)20(30-32)14-6-7-17(25)18(33)9-14/h6-7,9-10,13,16,33H,4-5,8,12H2,1-3H3,(H2,27,28,29). The lowest BCUT2D eigenvalue weighted by molar-refractivity contribution is -0.128. The lowest BCUT2D eigenvalue weighted by Gasteiger charge is -2.33. The molecule has 0 saturated carbocycles. The van der Waals surface area contributed by atoms with E-state index >= 15 is 0 Å². The lowest BCUT2D eigenvalue weighted by atomic mass is 9.93. The SMILES string of the molecule is CC(C)(C)C=C(C#N)C(=O)N1CCCC(n2nc(-c3ccc(F)c(O)c3)c3c(N)ncnc32)C1. The van der Waals surface area contributed by atoms with Crippen molar-refractivity contribution in [2.45, 2.75) is 39.7 Å². The van der Waals surface area contributed by atoms with Gasteiger partial charge in [-0.2, -0.15) is 10.4 Å². The number of nitrogens with two attached hydrogens (primary N) is 1. The molecule has 1 fully saturated rings. The van der Waals surface area contributed by atoms with Gasteiger partial charge in [0.15, 0.2) is 17.2 Å². The fourth-order valence-corrected chi connectivity index (χ4v) is 4.20. The van der Waals surface area contributed by atoms with Crippen LogP contribution in [0.3, 0.4) is 0 Å². The lowest BCUT2D eigenvalue weighted by Crippen LogP contribution is -2.41. The van der Waals surface area contributed by atoms with Crippen LogP contribution in [0.1, 0.15) is 39.7 Å². The second-order valence-electron chi connectivity index (χ2n) is 9.50. The van der Waals surface area contributed by atoms with E-state index in [0.29, 0.717) is 35.4 Å². The van der Waals surface area contributed by atoms with E-state index in [2.05, 4.69) is 9.97 Å². The molecule has 1 atom stereocenters. The summed E-state index contributed by atoms with van der Waals surface area (Å²) in [6.45, 7) is 6.69.